The van der Waals surface area contributed by atoms with Gasteiger partial charge in [-0.15, -0.1) is 0 Å². The molecule has 0 radical (unpaired) electrons. The number of nitrogens with one attached hydrogen (secondary N) is 1. The van der Waals surface area contributed by atoms with Crippen molar-refractivity contribution in [3.8, 4) is 0 Å². The third-order valence-corrected chi connectivity index (χ3v) is 2.96. The Kier molecular flexibility index (Phi) is 2.18. The van der Waals surface area contributed by atoms with Crippen molar-refractivity contribution in [1.29, 1.82) is 0 Å². The summed E-state index contributed by atoms with van der Waals surface area (Å²) >= 11 is 0. The number of H-pyrrole nitrogens is 1. The first kappa shape index (κ1) is 10.6. The molecule has 1 aromatic heterocycles. The quantitative estimate of drug-likeness (QED) is 0.616. The first-order chi connectivity index (χ1) is 8.08. The van der Waals surface area contributed by atoms with E-state index in [0.717, 1.165) is 10.8 Å². The number of halogens is 1. The lowest BCUT2D eigenvalue weighted by molar-refractivity contribution is -0.128. The van der Waals surface area contributed by atoms with Gasteiger partial charge in [0.25, 0.3) is 5.56 Å². The van der Waals surface area contributed by atoms with Crippen molar-refractivity contribution >= 4 is 0 Å². The highest BCUT2D eigenvalue weighted by Gasteiger charge is 2.51. The molecule has 92 valence electrons. The Morgan fingerprint density at radius 2 is 2.29 bits per heavy atom. The van der Waals surface area contributed by atoms with Crippen LogP contribution >= 0.6 is 0 Å². The number of rotatable bonds is 1. The van der Waals surface area contributed by atoms with Gasteiger partial charge in [0.1, 0.15) is 18.3 Å². The molecule has 2 aliphatic heterocycles. The van der Waals surface area contributed by atoms with E-state index >= 15 is 0 Å². The highest BCUT2D eigenvalue weighted by atomic mass is 19.1. The monoisotopic (exact) mass is 244 g/mol. The van der Waals surface area contributed by atoms with Crippen molar-refractivity contribution in [3.05, 3.63) is 32.9 Å². The lowest BCUT2D eigenvalue weighted by atomic mass is 10.2. The molecule has 0 aromatic carbocycles. The molecule has 2 bridgehead atoms. The number of fused-ring (bicyclic) bond motifs is 2. The molecule has 2 fully saturated rings. The van der Waals surface area contributed by atoms with E-state index in [0.29, 0.717) is 0 Å². The molecule has 2 saturated heterocycles. The van der Waals surface area contributed by atoms with Gasteiger partial charge in [0, 0.05) is 0 Å². The molecule has 0 spiro atoms. The number of hydrogen-bond donors (Lipinski definition) is 2. The van der Waals surface area contributed by atoms with E-state index in [9.17, 15) is 19.1 Å². The van der Waals surface area contributed by atoms with Gasteiger partial charge in [0.05, 0.1) is 12.8 Å². The molecule has 0 aliphatic carbocycles. The molecule has 1 aromatic rings. The smallest absolute Gasteiger partial charge is 0.330 e. The molecule has 0 saturated carbocycles. The van der Waals surface area contributed by atoms with Crippen LogP contribution in [0.5, 0.6) is 0 Å². The second kappa shape index (κ2) is 3.49. The van der Waals surface area contributed by atoms with Gasteiger partial charge in [-0.1, -0.05) is 0 Å². The summed E-state index contributed by atoms with van der Waals surface area (Å²) in [7, 11) is 0. The maximum absolute atomic E-state index is 13.1. The number of aliphatic hydroxyl groups is 1. The molecule has 0 unspecified atom stereocenters. The Balaban J connectivity index is 2.04. The largest absolute Gasteiger partial charge is 0.387 e. The van der Waals surface area contributed by atoms with Crippen molar-refractivity contribution in [1.82, 2.24) is 9.55 Å². The molecule has 3 heterocycles. The molecule has 4 atom stereocenters. The zero-order chi connectivity index (χ0) is 12.2. The van der Waals surface area contributed by atoms with Crippen LogP contribution in [0.2, 0.25) is 0 Å². The van der Waals surface area contributed by atoms with E-state index in [1.807, 2.05) is 4.98 Å². The minimum absolute atomic E-state index is 0.239. The van der Waals surface area contributed by atoms with E-state index in [4.69, 9.17) is 9.47 Å². The van der Waals surface area contributed by atoms with Crippen molar-refractivity contribution in [3.63, 3.8) is 0 Å². The standard InChI is InChI=1S/C9H9FN2O5/c10-3-1-12(9(15)11-7(3)14)8-6-5(13)4(17-8)2-16-6/h1,4-6,8,13H,2H2,(H,11,14,15)/t4-,5+,6+,8+/m0/s1. The lowest BCUT2D eigenvalue weighted by Crippen LogP contribution is -2.39. The summed E-state index contributed by atoms with van der Waals surface area (Å²) in [4.78, 5) is 24.2. The second-order valence-electron chi connectivity index (χ2n) is 4.00. The summed E-state index contributed by atoms with van der Waals surface area (Å²) in [5.74, 6) is -1.09. The fourth-order valence-corrected chi connectivity index (χ4v) is 2.12. The molecular weight excluding hydrogens is 235 g/mol. The summed E-state index contributed by atoms with van der Waals surface area (Å²) in [6.07, 6.45) is -2.25. The van der Waals surface area contributed by atoms with Gasteiger partial charge in [-0.3, -0.25) is 14.3 Å². The fraction of sp³-hybridized carbons (Fsp3) is 0.556. The van der Waals surface area contributed by atoms with E-state index in [2.05, 4.69) is 0 Å². The van der Waals surface area contributed by atoms with E-state index in [-0.39, 0.29) is 6.61 Å². The predicted octanol–water partition coefficient (Wildman–Crippen LogP) is -1.67. The van der Waals surface area contributed by atoms with Crippen molar-refractivity contribution < 1.29 is 19.0 Å². The number of aliphatic hydroxyl groups excluding tert-OH is 1. The van der Waals surface area contributed by atoms with Crippen LogP contribution in [0.1, 0.15) is 6.23 Å². The van der Waals surface area contributed by atoms with Crippen LogP contribution in [0, 0.1) is 5.82 Å². The summed E-state index contributed by atoms with van der Waals surface area (Å²) < 4.78 is 24.5. The van der Waals surface area contributed by atoms with Crippen molar-refractivity contribution in [2.45, 2.75) is 24.5 Å². The number of aromatic amines is 1. The van der Waals surface area contributed by atoms with Gasteiger partial charge in [-0.2, -0.15) is 4.39 Å². The Morgan fingerprint density at radius 3 is 2.88 bits per heavy atom. The van der Waals surface area contributed by atoms with Gasteiger partial charge in [-0.05, 0) is 0 Å². The molecular formula is C9H9FN2O5. The van der Waals surface area contributed by atoms with Gasteiger partial charge < -0.3 is 14.6 Å². The normalized spacial score (nSPS) is 35.4. The highest BCUT2D eigenvalue weighted by molar-refractivity contribution is 4.98. The zero-order valence-electron chi connectivity index (χ0n) is 8.50. The Labute approximate surface area is 93.4 Å². The number of aromatic nitrogens is 2. The van der Waals surface area contributed by atoms with Gasteiger partial charge in [0.15, 0.2) is 6.23 Å². The lowest BCUT2D eigenvalue weighted by Gasteiger charge is -2.23. The number of ether oxygens (including phenoxy) is 2. The topological polar surface area (TPSA) is 93.6 Å². The average molecular weight is 244 g/mol. The van der Waals surface area contributed by atoms with Crippen LogP contribution in [-0.2, 0) is 9.47 Å². The SMILES string of the molecule is O=c1[nH]c(=O)n([C@@H]2O[C@H]3CO[C@@H]2[C@@H]3O)cc1F. The third-order valence-electron chi connectivity index (χ3n) is 2.96. The van der Waals surface area contributed by atoms with Crippen LogP contribution in [-0.4, -0.2) is 39.6 Å². The molecule has 8 heteroatoms. The molecule has 2 aliphatic rings. The predicted molar refractivity (Wildman–Crippen MR) is 50.9 cm³/mol. The minimum atomic E-state index is -1.09. The van der Waals surface area contributed by atoms with Crippen LogP contribution < -0.4 is 11.2 Å². The maximum Gasteiger partial charge on any atom is 0.330 e. The number of hydrogen-bond acceptors (Lipinski definition) is 5. The second-order valence-corrected chi connectivity index (χ2v) is 4.00. The van der Waals surface area contributed by atoms with Crippen LogP contribution in [0.3, 0.4) is 0 Å². The number of nitrogens with zero attached hydrogens (tertiary/aromatic N) is 1. The molecule has 3 rings (SSSR count). The van der Waals surface area contributed by atoms with Crippen molar-refractivity contribution in [2.24, 2.45) is 0 Å². The molecule has 17 heavy (non-hydrogen) atoms. The highest BCUT2D eigenvalue weighted by Crippen LogP contribution is 2.36. The first-order valence-corrected chi connectivity index (χ1v) is 5.04. The molecule has 0 amide bonds. The van der Waals surface area contributed by atoms with Gasteiger partial charge >= 0.3 is 5.69 Å². The minimum Gasteiger partial charge on any atom is -0.387 e. The Bertz CT molecular complexity index is 567. The van der Waals surface area contributed by atoms with Crippen LogP contribution in [0.25, 0.3) is 0 Å². The van der Waals surface area contributed by atoms with Gasteiger partial charge in [0.2, 0.25) is 5.82 Å². The van der Waals surface area contributed by atoms with Crippen LogP contribution in [0.4, 0.5) is 4.39 Å². The molecule has 2 N–H and O–H groups in total. The van der Waals surface area contributed by atoms with Crippen molar-refractivity contribution in [2.75, 3.05) is 6.61 Å². The molecule has 7 nitrogen and oxygen atoms in total. The van der Waals surface area contributed by atoms with Crippen LogP contribution in [0.15, 0.2) is 15.8 Å². The summed E-state index contributed by atoms with van der Waals surface area (Å²) in [5.41, 5.74) is -1.89. The van der Waals surface area contributed by atoms with E-state index in [1.54, 1.807) is 0 Å². The first-order valence-electron chi connectivity index (χ1n) is 5.04. The fourth-order valence-electron chi connectivity index (χ4n) is 2.12. The summed E-state index contributed by atoms with van der Waals surface area (Å²) in [5, 5.41) is 9.64. The maximum atomic E-state index is 13.1. The average Bonchev–Trinajstić information content (AvgIpc) is 2.79. The Morgan fingerprint density at radius 1 is 1.53 bits per heavy atom. The summed E-state index contributed by atoms with van der Waals surface area (Å²) in [6.45, 7) is 0.239. The van der Waals surface area contributed by atoms with Gasteiger partial charge in [-0.25, -0.2) is 4.79 Å². The summed E-state index contributed by atoms with van der Waals surface area (Å²) in [6, 6.07) is 0. The van der Waals surface area contributed by atoms with E-state index in [1.165, 1.54) is 0 Å². The third kappa shape index (κ3) is 1.45. The van der Waals surface area contributed by atoms with E-state index < -0.39 is 41.6 Å². The zero-order valence-corrected chi connectivity index (χ0v) is 8.50. The Hall–Kier alpha value is -1.51.